The van der Waals surface area contributed by atoms with Gasteiger partial charge in [0.15, 0.2) is 0 Å². The van der Waals surface area contributed by atoms with Crippen LogP contribution in [0.2, 0.25) is 0 Å². The van der Waals surface area contributed by atoms with Gasteiger partial charge in [0.05, 0.1) is 6.04 Å². The molecule has 0 aliphatic carbocycles. The predicted molar refractivity (Wildman–Crippen MR) is 114 cm³/mol. The molecule has 0 radical (unpaired) electrons. The summed E-state index contributed by atoms with van der Waals surface area (Å²) in [5, 5.41) is 3.44. The van der Waals surface area contributed by atoms with Crippen molar-refractivity contribution in [1.29, 1.82) is 0 Å². The van der Waals surface area contributed by atoms with E-state index in [2.05, 4.69) is 10.2 Å². The lowest BCUT2D eigenvalue weighted by molar-refractivity contribution is 0.138. The first kappa shape index (κ1) is 23.2. The van der Waals surface area contributed by atoms with Gasteiger partial charge in [0, 0.05) is 45.7 Å². The molecule has 3 fully saturated rings. The normalized spacial score (nSPS) is 27.7. The molecule has 3 saturated heterocycles. The summed E-state index contributed by atoms with van der Waals surface area (Å²) in [5.74, 6) is 0.633. The highest BCUT2D eigenvalue weighted by molar-refractivity contribution is 5.85. The molecular weight excluding hydrogens is 402 g/mol. The minimum atomic E-state index is -0.226. The average molecular weight is 433 g/mol. The summed E-state index contributed by atoms with van der Waals surface area (Å²) in [5.41, 5.74) is 0.930. The van der Waals surface area contributed by atoms with Gasteiger partial charge in [0.2, 0.25) is 0 Å². The van der Waals surface area contributed by atoms with E-state index in [1.807, 2.05) is 11.0 Å². The molecule has 3 aliphatic rings. The van der Waals surface area contributed by atoms with Crippen molar-refractivity contribution in [3.63, 3.8) is 0 Å². The highest BCUT2D eigenvalue weighted by Crippen LogP contribution is 2.46. The van der Waals surface area contributed by atoms with E-state index in [-0.39, 0.29) is 42.7 Å². The highest BCUT2D eigenvalue weighted by atomic mass is 35.5. The Hall–Kier alpha value is -1.08. The number of halogens is 3. The second kappa shape index (κ2) is 9.61. The van der Waals surface area contributed by atoms with Gasteiger partial charge in [-0.1, -0.05) is 12.1 Å². The van der Waals surface area contributed by atoms with Gasteiger partial charge >= 0.3 is 6.03 Å². The molecule has 2 amide bonds. The van der Waals surface area contributed by atoms with Crippen LogP contribution in [0.5, 0.6) is 0 Å². The van der Waals surface area contributed by atoms with Crippen molar-refractivity contribution >= 4 is 30.8 Å². The first-order valence-corrected chi connectivity index (χ1v) is 9.72. The van der Waals surface area contributed by atoms with Crippen molar-refractivity contribution in [2.45, 2.75) is 24.9 Å². The minimum Gasteiger partial charge on any atom is -0.331 e. The summed E-state index contributed by atoms with van der Waals surface area (Å²) in [4.78, 5) is 19.0. The molecule has 0 bridgehead atoms. The lowest BCUT2D eigenvalue weighted by atomic mass is 9.89. The zero-order valence-corrected chi connectivity index (χ0v) is 18.1. The standard InChI is InChI=1S/C20H29FN4O.2ClH/c1-23(2)20(26)25-12-15-11-24(17-6-8-22-9-7-17)13-18(15)19(25)14-4-3-5-16(21)10-14;;/h3-5,10,15,17-19,22H,6-9,11-13H2,1-2H3;2*1H/t15-,18-,19-;;/m1../s1. The number of hydrogen-bond acceptors (Lipinski definition) is 3. The maximum absolute atomic E-state index is 13.9. The number of hydrogen-bond donors (Lipinski definition) is 1. The van der Waals surface area contributed by atoms with Crippen molar-refractivity contribution in [2.24, 2.45) is 11.8 Å². The van der Waals surface area contributed by atoms with Crippen LogP contribution in [-0.4, -0.2) is 73.6 Å². The van der Waals surface area contributed by atoms with E-state index < -0.39 is 0 Å². The molecular formula is C20H31Cl2FN4O. The third-order valence-electron chi connectivity index (χ3n) is 6.34. The highest BCUT2D eigenvalue weighted by Gasteiger charge is 2.50. The van der Waals surface area contributed by atoms with E-state index in [0.29, 0.717) is 17.9 Å². The van der Waals surface area contributed by atoms with E-state index in [4.69, 9.17) is 0 Å². The number of rotatable bonds is 2. The van der Waals surface area contributed by atoms with Crippen LogP contribution in [0.3, 0.4) is 0 Å². The Labute approximate surface area is 179 Å². The van der Waals surface area contributed by atoms with Crippen molar-refractivity contribution < 1.29 is 9.18 Å². The molecule has 0 unspecified atom stereocenters. The van der Waals surface area contributed by atoms with Crippen LogP contribution in [0.1, 0.15) is 24.4 Å². The second-order valence-corrected chi connectivity index (χ2v) is 8.19. The van der Waals surface area contributed by atoms with Crippen molar-refractivity contribution in [3.8, 4) is 0 Å². The molecule has 3 aliphatic heterocycles. The molecule has 4 rings (SSSR count). The van der Waals surface area contributed by atoms with Gasteiger partial charge in [-0.05, 0) is 49.5 Å². The summed E-state index contributed by atoms with van der Waals surface area (Å²) in [6, 6.07) is 7.46. The molecule has 0 saturated carbocycles. The number of nitrogens with zero attached hydrogens (tertiary/aromatic N) is 3. The fourth-order valence-electron chi connectivity index (χ4n) is 5.12. The Balaban J connectivity index is 0.00000140. The zero-order valence-electron chi connectivity index (χ0n) is 16.5. The molecule has 3 heterocycles. The van der Waals surface area contributed by atoms with Crippen molar-refractivity contribution in [1.82, 2.24) is 20.0 Å². The topological polar surface area (TPSA) is 38.8 Å². The fourth-order valence-corrected chi connectivity index (χ4v) is 5.12. The SMILES string of the molecule is CN(C)C(=O)N1C[C@H]2CN(C3CCNCC3)C[C@H]2[C@H]1c1cccc(F)c1.Cl.Cl. The Kier molecular flexibility index (Phi) is 7.97. The summed E-state index contributed by atoms with van der Waals surface area (Å²) in [6.45, 7) is 5.01. The van der Waals surface area contributed by atoms with Gasteiger partial charge in [-0.25, -0.2) is 9.18 Å². The summed E-state index contributed by atoms with van der Waals surface area (Å²) in [6.07, 6.45) is 2.40. The molecule has 5 nitrogen and oxygen atoms in total. The number of carbonyl (C=O) groups is 1. The molecule has 158 valence electrons. The quantitative estimate of drug-likeness (QED) is 0.780. The van der Waals surface area contributed by atoms with Crippen molar-refractivity contribution in [2.75, 3.05) is 46.8 Å². The predicted octanol–water partition coefficient (Wildman–Crippen LogP) is 3.01. The third kappa shape index (κ3) is 4.40. The van der Waals surface area contributed by atoms with Crippen molar-refractivity contribution in [3.05, 3.63) is 35.6 Å². The number of likely N-dealkylation sites (tertiary alicyclic amines) is 2. The van der Waals surface area contributed by atoms with Crippen LogP contribution in [0.25, 0.3) is 0 Å². The zero-order chi connectivity index (χ0) is 18.3. The van der Waals surface area contributed by atoms with E-state index in [1.54, 1.807) is 31.1 Å². The molecule has 3 atom stereocenters. The number of piperidine rings is 1. The summed E-state index contributed by atoms with van der Waals surface area (Å²) in [7, 11) is 3.58. The smallest absolute Gasteiger partial charge is 0.320 e. The van der Waals surface area contributed by atoms with Gasteiger partial charge in [-0.15, -0.1) is 24.8 Å². The van der Waals surface area contributed by atoms with Gasteiger partial charge < -0.3 is 15.1 Å². The maximum atomic E-state index is 13.9. The Morgan fingerprint density at radius 3 is 2.50 bits per heavy atom. The lowest BCUT2D eigenvalue weighted by Crippen LogP contribution is -2.45. The first-order valence-electron chi connectivity index (χ1n) is 9.72. The van der Waals surface area contributed by atoms with Crippen LogP contribution in [-0.2, 0) is 0 Å². The first-order chi connectivity index (χ1) is 12.5. The van der Waals surface area contributed by atoms with Gasteiger partial charge in [-0.3, -0.25) is 4.90 Å². The Bertz CT molecular complexity index is 671. The van der Waals surface area contributed by atoms with Crippen LogP contribution >= 0.6 is 24.8 Å². The molecule has 1 aromatic rings. The number of fused-ring (bicyclic) bond motifs is 1. The minimum absolute atomic E-state index is 0. The Morgan fingerprint density at radius 2 is 1.86 bits per heavy atom. The Morgan fingerprint density at radius 1 is 1.14 bits per heavy atom. The number of carbonyl (C=O) groups excluding carboxylic acids is 1. The monoisotopic (exact) mass is 432 g/mol. The molecule has 1 aromatic carbocycles. The molecule has 0 aromatic heterocycles. The van der Waals surface area contributed by atoms with E-state index >= 15 is 0 Å². The number of nitrogens with one attached hydrogen (secondary N) is 1. The molecule has 28 heavy (non-hydrogen) atoms. The molecule has 0 spiro atoms. The molecule has 1 N–H and O–H groups in total. The summed E-state index contributed by atoms with van der Waals surface area (Å²) >= 11 is 0. The van der Waals surface area contributed by atoms with Crippen LogP contribution in [0.4, 0.5) is 9.18 Å². The van der Waals surface area contributed by atoms with E-state index in [0.717, 1.165) is 38.3 Å². The third-order valence-corrected chi connectivity index (χ3v) is 6.34. The lowest BCUT2D eigenvalue weighted by Gasteiger charge is -2.35. The van der Waals surface area contributed by atoms with Gasteiger partial charge in [0.25, 0.3) is 0 Å². The fraction of sp³-hybridized carbons (Fsp3) is 0.650. The number of benzene rings is 1. The van der Waals surface area contributed by atoms with Crippen LogP contribution in [0.15, 0.2) is 24.3 Å². The van der Waals surface area contributed by atoms with Crippen LogP contribution in [0, 0.1) is 17.7 Å². The largest absolute Gasteiger partial charge is 0.331 e. The van der Waals surface area contributed by atoms with Gasteiger partial charge in [0.1, 0.15) is 5.82 Å². The number of urea groups is 1. The van der Waals surface area contributed by atoms with Gasteiger partial charge in [-0.2, -0.15) is 0 Å². The second-order valence-electron chi connectivity index (χ2n) is 8.19. The summed E-state index contributed by atoms with van der Waals surface area (Å²) < 4.78 is 13.9. The van der Waals surface area contributed by atoms with Crippen LogP contribution < -0.4 is 5.32 Å². The maximum Gasteiger partial charge on any atom is 0.320 e. The number of amides is 2. The van der Waals surface area contributed by atoms with E-state index in [1.165, 1.54) is 18.9 Å². The average Bonchev–Trinajstić information content (AvgIpc) is 3.19. The molecule has 8 heteroatoms. The van der Waals surface area contributed by atoms with E-state index in [9.17, 15) is 9.18 Å².